The van der Waals surface area contributed by atoms with E-state index in [2.05, 4.69) is 10.2 Å². The summed E-state index contributed by atoms with van der Waals surface area (Å²) in [6.45, 7) is 0. The van der Waals surface area contributed by atoms with Gasteiger partial charge in [-0.2, -0.15) is 13.2 Å². The van der Waals surface area contributed by atoms with Crippen LogP contribution in [0.25, 0.3) is 10.6 Å². The summed E-state index contributed by atoms with van der Waals surface area (Å²) in [6, 6.07) is 4.70. The number of hydrogen-bond acceptors (Lipinski definition) is 3. The van der Waals surface area contributed by atoms with Crippen LogP contribution in [-0.2, 0) is 6.18 Å². The zero-order valence-electron chi connectivity index (χ0n) is 7.62. The maximum Gasteiger partial charge on any atom is 0.416 e. The van der Waals surface area contributed by atoms with Gasteiger partial charge in [0, 0.05) is 5.56 Å². The molecule has 0 radical (unpaired) electrons. The van der Waals surface area contributed by atoms with Crippen LogP contribution in [0.15, 0.2) is 24.3 Å². The first-order valence-electron chi connectivity index (χ1n) is 4.13. The molecule has 1 heterocycles. The summed E-state index contributed by atoms with van der Waals surface area (Å²) in [5, 5.41) is 7.81. The van der Waals surface area contributed by atoms with Crippen molar-refractivity contribution in [3.05, 3.63) is 34.3 Å². The molecule has 0 N–H and O–H groups in total. The third kappa shape index (κ3) is 2.33. The quantitative estimate of drug-likeness (QED) is 0.781. The van der Waals surface area contributed by atoms with E-state index in [4.69, 9.17) is 11.6 Å². The van der Waals surface area contributed by atoms with Crippen molar-refractivity contribution >= 4 is 22.9 Å². The van der Waals surface area contributed by atoms with Crippen molar-refractivity contribution in [2.45, 2.75) is 6.18 Å². The van der Waals surface area contributed by atoms with Crippen molar-refractivity contribution in [1.82, 2.24) is 10.2 Å². The van der Waals surface area contributed by atoms with E-state index in [1.165, 1.54) is 12.1 Å². The Kier molecular flexibility index (Phi) is 2.86. The first-order valence-corrected chi connectivity index (χ1v) is 5.33. The summed E-state index contributed by atoms with van der Waals surface area (Å²) >= 11 is 6.70. The highest BCUT2D eigenvalue weighted by Gasteiger charge is 2.30. The molecule has 2 aromatic rings. The van der Waals surface area contributed by atoms with Gasteiger partial charge in [0.05, 0.1) is 5.56 Å². The predicted molar refractivity (Wildman–Crippen MR) is 55.4 cm³/mol. The molecular weight excluding hydrogens is 261 g/mol. The summed E-state index contributed by atoms with van der Waals surface area (Å²) in [4.78, 5) is 0. The Morgan fingerprint density at radius 3 is 2.12 bits per heavy atom. The van der Waals surface area contributed by atoms with Crippen LogP contribution in [0.3, 0.4) is 0 Å². The SMILES string of the molecule is FC(F)(F)c1ccc(-c2nnc(Cl)s2)cc1. The fourth-order valence-corrected chi connectivity index (χ4v) is 1.96. The minimum atomic E-state index is -4.32. The topological polar surface area (TPSA) is 25.8 Å². The van der Waals surface area contributed by atoms with Crippen LogP contribution < -0.4 is 0 Å². The number of nitrogens with zero attached hydrogens (tertiary/aromatic N) is 2. The van der Waals surface area contributed by atoms with E-state index < -0.39 is 11.7 Å². The number of rotatable bonds is 1. The van der Waals surface area contributed by atoms with Crippen molar-refractivity contribution in [1.29, 1.82) is 0 Å². The van der Waals surface area contributed by atoms with Crippen molar-refractivity contribution in [2.24, 2.45) is 0 Å². The lowest BCUT2D eigenvalue weighted by molar-refractivity contribution is -0.137. The number of benzene rings is 1. The molecule has 0 unspecified atom stereocenters. The van der Waals surface area contributed by atoms with Crippen LogP contribution in [-0.4, -0.2) is 10.2 Å². The van der Waals surface area contributed by atoms with Crippen LogP contribution in [0, 0.1) is 0 Å². The van der Waals surface area contributed by atoms with E-state index in [9.17, 15) is 13.2 Å². The van der Waals surface area contributed by atoms with Gasteiger partial charge < -0.3 is 0 Å². The molecule has 0 aliphatic carbocycles. The zero-order valence-corrected chi connectivity index (χ0v) is 9.20. The summed E-state index contributed by atoms with van der Waals surface area (Å²) in [5.41, 5.74) is -0.121. The smallest absolute Gasteiger partial charge is 0.166 e. The first kappa shape index (κ1) is 11.3. The van der Waals surface area contributed by atoms with Gasteiger partial charge in [0.15, 0.2) is 0 Å². The summed E-state index contributed by atoms with van der Waals surface area (Å²) in [5.74, 6) is 0. The summed E-state index contributed by atoms with van der Waals surface area (Å²) < 4.78 is 37.1. The van der Waals surface area contributed by atoms with E-state index >= 15 is 0 Å². The van der Waals surface area contributed by atoms with E-state index in [1.807, 2.05) is 0 Å². The Hall–Kier alpha value is -1.14. The molecule has 0 atom stereocenters. The fourth-order valence-electron chi connectivity index (χ4n) is 1.12. The van der Waals surface area contributed by atoms with Gasteiger partial charge in [-0.05, 0) is 23.7 Å². The normalized spacial score (nSPS) is 11.8. The second-order valence-corrected chi connectivity index (χ2v) is 4.49. The number of halogens is 4. The third-order valence-electron chi connectivity index (χ3n) is 1.86. The largest absolute Gasteiger partial charge is 0.416 e. The highest BCUT2D eigenvalue weighted by Crippen LogP contribution is 2.32. The first-order chi connectivity index (χ1) is 7.47. The molecule has 2 nitrogen and oxygen atoms in total. The van der Waals surface area contributed by atoms with Gasteiger partial charge in [-0.1, -0.05) is 23.5 Å². The van der Waals surface area contributed by atoms with Gasteiger partial charge in [-0.3, -0.25) is 0 Å². The molecule has 16 heavy (non-hydrogen) atoms. The van der Waals surface area contributed by atoms with Gasteiger partial charge >= 0.3 is 6.18 Å². The van der Waals surface area contributed by atoms with Gasteiger partial charge in [0.2, 0.25) is 4.47 Å². The molecule has 1 aromatic heterocycles. The van der Waals surface area contributed by atoms with E-state index in [0.29, 0.717) is 10.6 Å². The lowest BCUT2D eigenvalue weighted by Gasteiger charge is -2.05. The van der Waals surface area contributed by atoms with Crippen LogP contribution in [0.2, 0.25) is 4.47 Å². The van der Waals surface area contributed by atoms with Gasteiger partial charge in [-0.15, -0.1) is 10.2 Å². The Labute approximate surface area is 97.7 Å². The zero-order chi connectivity index (χ0) is 11.8. The molecule has 0 saturated heterocycles. The van der Waals surface area contributed by atoms with Crippen molar-refractivity contribution in [3.63, 3.8) is 0 Å². The molecule has 0 saturated carbocycles. The van der Waals surface area contributed by atoms with E-state index in [0.717, 1.165) is 23.5 Å². The van der Waals surface area contributed by atoms with Crippen LogP contribution in [0.4, 0.5) is 13.2 Å². The van der Waals surface area contributed by atoms with Crippen LogP contribution in [0.5, 0.6) is 0 Å². The third-order valence-corrected chi connectivity index (χ3v) is 2.93. The molecular formula is C9H4ClF3N2S. The predicted octanol–water partition coefficient (Wildman–Crippen LogP) is 3.88. The van der Waals surface area contributed by atoms with Gasteiger partial charge in [0.1, 0.15) is 5.01 Å². The van der Waals surface area contributed by atoms with Crippen LogP contribution in [0.1, 0.15) is 5.56 Å². The number of alkyl halides is 3. The number of hydrogen-bond donors (Lipinski definition) is 0. The monoisotopic (exact) mass is 264 g/mol. The molecule has 1 aromatic carbocycles. The lowest BCUT2D eigenvalue weighted by atomic mass is 10.1. The molecule has 84 valence electrons. The average molecular weight is 265 g/mol. The standard InChI is InChI=1S/C9H4ClF3N2S/c10-8-15-14-7(16-8)5-1-3-6(4-2-5)9(11,12)13/h1-4H. The van der Waals surface area contributed by atoms with Crippen LogP contribution >= 0.6 is 22.9 Å². The van der Waals surface area contributed by atoms with E-state index in [1.54, 1.807) is 0 Å². The molecule has 7 heteroatoms. The number of aromatic nitrogens is 2. The molecule has 0 fully saturated rings. The second-order valence-electron chi connectivity index (χ2n) is 2.94. The molecule has 0 spiro atoms. The maximum absolute atomic E-state index is 12.3. The Balaban J connectivity index is 2.33. The lowest BCUT2D eigenvalue weighted by Crippen LogP contribution is -2.03. The fraction of sp³-hybridized carbons (Fsp3) is 0.111. The Morgan fingerprint density at radius 2 is 1.69 bits per heavy atom. The molecule has 2 rings (SSSR count). The maximum atomic E-state index is 12.3. The molecule has 0 aliphatic rings. The van der Waals surface area contributed by atoms with Gasteiger partial charge in [-0.25, -0.2) is 0 Å². The second kappa shape index (κ2) is 4.03. The van der Waals surface area contributed by atoms with Crippen molar-refractivity contribution in [2.75, 3.05) is 0 Å². The van der Waals surface area contributed by atoms with Crippen molar-refractivity contribution < 1.29 is 13.2 Å². The van der Waals surface area contributed by atoms with Crippen molar-refractivity contribution in [3.8, 4) is 10.6 Å². The summed E-state index contributed by atoms with van der Waals surface area (Å²) in [7, 11) is 0. The average Bonchev–Trinajstić information content (AvgIpc) is 2.64. The highest BCUT2D eigenvalue weighted by molar-refractivity contribution is 7.18. The molecule has 0 amide bonds. The highest BCUT2D eigenvalue weighted by atomic mass is 35.5. The summed E-state index contributed by atoms with van der Waals surface area (Å²) in [6.07, 6.45) is -4.32. The molecule has 0 aliphatic heterocycles. The minimum Gasteiger partial charge on any atom is -0.166 e. The van der Waals surface area contributed by atoms with Gasteiger partial charge in [0.25, 0.3) is 0 Å². The van der Waals surface area contributed by atoms with E-state index in [-0.39, 0.29) is 4.47 Å². The minimum absolute atomic E-state index is 0.259. The Morgan fingerprint density at radius 1 is 1.06 bits per heavy atom. The Bertz CT molecular complexity index is 492. The molecule has 0 bridgehead atoms.